The predicted molar refractivity (Wildman–Crippen MR) is 405 cm³/mol. The normalized spacial score (nSPS) is 8.97. The van der Waals surface area contributed by atoms with Crippen LogP contribution in [0, 0.1) is 0 Å². The molecule has 12 nitrogen and oxygen atoms in total. The van der Waals surface area contributed by atoms with E-state index in [1.807, 2.05) is 235 Å². The van der Waals surface area contributed by atoms with E-state index in [1.165, 1.54) is 25.0 Å². The van der Waals surface area contributed by atoms with Crippen molar-refractivity contribution in [2.75, 3.05) is 77.6 Å². The number of thioether (sulfide) groups is 2. The number of ketones is 2. The van der Waals surface area contributed by atoms with Crippen molar-refractivity contribution in [1.29, 1.82) is 0 Å². The Hall–Kier alpha value is -4.76. The SMILES string of the molecule is C.CC.CC.CC.CC.CC.CC.CC(=O)c1ccccc1.CC(C)=O.CC(C)O.CC(O)c1ccccc1.COC.COc1ccccc1.CS(=O)(=O)c1ccccc1.CS(=O)c1ccccc1.CS(C)(=O)=O.CS(C)=O.CSC.CSc1ccccc1. The van der Waals surface area contributed by atoms with Gasteiger partial charge in [0.15, 0.2) is 15.6 Å². The molecule has 0 aromatic heterocycles. The third kappa shape index (κ3) is 129. The van der Waals surface area contributed by atoms with Gasteiger partial charge in [0.1, 0.15) is 21.4 Å². The highest BCUT2D eigenvalue weighted by Gasteiger charge is 2.03. The number of aliphatic hydroxyl groups excluding tert-OH is 2. The highest BCUT2D eigenvalue weighted by molar-refractivity contribution is 7.98. The molecule has 6 aromatic rings. The van der Waals surface area contributed by atoms with Crippen LogP contribution in [-0.4, -0.2) is 131 Å². The van der Waals surface area contributed by atoms with Crippen molar-refractivity contribution in [3.05, 3.63) is 193 Å². The summed E-state index contributed by atoms with van der Waals surface area (Å²) in [5.74, 6) is 1.20. The van der Waals surface area contributed by atoms with Gasteiger partial charge in [0.2, 0.25) is 0 Å². The Bertz CT molecular complexity index is 2350. The molecule has 0 spiro atoms. The maximum Gasteiger partial charge on any atom is 0.175 e. The average molecular weight is 1370 g/mol. The molecule has 0 aliphatic carbocycles. The molecule has 0 heterocycles. The Morgan fingerprint density at radius 1 is 0.483 bits per heavy atom. The zero-order valence-electron chi connectivity index (χ0n) is 59.9. The summed E-state index contributed by atoms with van der Waals surface area (Å²) in [5.41, 5.74) is 1.75. The Kier molecular flexibility index (Phi) is 122. The highest BCUT2D eigenvalue weighted by Crippen LogP contribution is 2.12. The van der Waals surface area contributed by atoms with Crippen LogP contribution in [0.1, 0.15) is 154 Å². The van der Waals surface area contributed by atoms with Crippen molar-refractivity contribution in [2.24, 2.45) is 0 Å². The third-order valence-electron chi connectivity index (χ3n) is 6.67. The third-order valence-corrected chi connectivity index (χ3v) is 9.47. The minimum absolute atomic E-state index is 0. The first-order valence-electron chi connectivity index (χ1n) is 28.9. The summed E-state index contributed by atoms with van der Waals surface area (Å²) in [6.07, 6.45) is 14.1. The lowest BCUT2D eigenvalue weighted by Gasteiger charge is -2.00. The molecule has 2 atom stereocenters. The summed E-state index contributed by atoms with van der Waals surface area (Å²) < 4.78 is 70.4. The molecular formula is C71H128O12S6. The molecule has 0 aliphatic heterocycles. The van der Waals surface area contributed by atoms with Crippen molar-refractivity contribution >= 4 is 76.4 Å². The second-order valence-corrected chi connectivity index (χ2v) is 24.5. The van der Waals surface area contributed by atoms with E-state index in [9.17, 15) is 34.8 Å². The lowest BCUT2D eigenvalue weighted by atomic mass is 10.1. The van der Waals surface area contributed by atoms with E-state index in [0.29, 0.717) is 4.90 Å². The number of carbonyl (C=O) groups excluding carboxylic acids is 2. The van der Waals surface area contributed by atoms with Crippen molar-refractivity contribution in [2.45, 2.75) is 159 Å². The zero-order chi connectivity index (χ0) is 72.0. The summed E-state index contributed by atoms with van der Waals surface area (Å²) >= 11 is 3.52. The highest BCUT2D eigenvalue weighted by atomic mass is 32.2. The van der Waals surface area contributed by atoms with Gasteiger partial charge in [0, 0.05) is 94.8 Å². The van der Waals surface area contributed by atoms with Crippen LogP contribution in [0.15, 0.2) is 197 Å². The standard InChI is InChI=1S/C8H10O.C8H8O.C7H8O2S.C7H8OS.C7H8O.C7H8S.C3H8O.C3H6O.C2H6O2S.C2H6OS.C2H6O.C2H6S.6C2H6.CH4/c2*1-7(9)8-5-3-2-4-6-8;1-10(8,9)7-5-3-2-4-6-7;1-9(8)7-5-3-2-4-6-7;2*1-8-7-5-3-2-4-6-7;2*1-3(2)4;1-5(2,3)4;1-4(2)3;2*1-3-2;6*1-2;/h2-7,9H,1H3;2-6H,1H3;2-6H,1H3;2-6H,1H3;2*2-6H,1H3;3-4H,1-2H3;1-2H3;1-2H3;1-2H3;2*1-2H3;6*1-2H3;1H4. The molecule has 2 unspecified atom stereocenters. The van der Waals surface area contributed by atoms with E-state index in [2.05, 4.69) is 23.1 Å². The molecule has 18 heteroatoms. The average Bonchev–Trinajstić information content (AvgIpc) is 3.73. The fraction of sp³-hybridized carbons (Fsp3) is 0.465. The van der Waals surface area contributed by atoms with Crippen LogP contribution in [0.3, 0.4) is 0 Å². The lowest BCUT2D eigenvalue weighted by molar-refractivity contribution is -0.115. The van der Waals surface area contributed by atoms with E-state index in [-0.39, 0.29) is 31.2 Å². The van der Waals surface area contributed by atoms with Crippen molar-refractivity contribution in [3.8, 4) is 5.75 Å². The van der Waals surface area contributed by atoms with Crippen LogP contribution in [0.2, 0.25) is 0 Å². The number of carbonyl (C=O) groups is 2. The Labute approximate surface area is 562 Å². The molecule has 89 heavy (non-hydrogen) atoms. The van der Waals surface area contributed by atoms with Crippen LogP contribution in [0.25, 0.3) is 0 Å². The van der Waals surface area contributed by atoms with E-state index in [0.717, 1.165) is 34.3 Å². The monoisotopic (exact) mass is 1360 g/mol. The molecule has 520 valence electrons. The number of sulfone groups is 2. The summed E-state index contributed by atoms with van der Waals surface area (Å²) in [5, 5.41) is 17.1. The molecular weight excluding hydrogens is 1240 g/mol. The van der Waals surface area contributed by atoms with Crippen LogP contribution < -0.4 is 4.74 Å². The van der Waals surface area contributed by atoms with E-state index < -0.39 is 41.3 Å². The van der Waals surface area contributed by atoms with Crippen molar-refractivity contribution in [1.82, 2.24) is 0 Å². The number of hydrogen-bond donors (Lipinski definition) is 2. The molecule has 2 N–H and O–H groups in total. The van der Waals surface area contributed by atoms with E-state index in [4.69, 9.17) is 14.9 Å². The largest absolute Gasteiger partial charge is 0.497 e. The number of ether oxygens (including phenoxy) is 2. The van der Waals surface area contributed by atoms with Crippen LogP contribution >= 0.6 is 23.5 Å². The number of Topliss-reactive ketones (excluding diaryl/α,β-unsaturated/α-hetero) is 2. The molecule has 0 fully saturated rings. The first-order chi connectivity index (χ1) is 41.4. The molecule has 0 bridgehead atoms. The van der Waals surface area contributed by atoms with Gasteiger partial charge in [0.05, 0.1) is 18.1 Å². The first kappa shape index (κ1) is 115. The zero-order valence-corrected chi connectivity index (χ0v) is 64.8. The van der Waals surface area contributed by atoms with Crippen molar-refractivity contribution < 1.29 is 54.5 Å². The number of hydrogen-bond acceptors (Lipinski definition) is 14. The Balaban J connectivity index is -0.0000000643. The van der Waals surface area contributed by atoms with Gasteiger partial charge >= 0.3 is 0 Å². The first-order valence-corrected chi connectivity index (χ1v) is 39.4. The minimum atomic E-state index is -3.00. The molecule has 0 radical (unpaired) electrons. The van der Waals surface area contributed by atoms with E-state index in [1.54, 1.807) is 122 Å². The van der Waals surface area contributed by atoms with Gasteiger partial charge < -0.3 is 24.5 Å². The van der Waals surface area contributed by atoms with Gasteiger partial charge in [-0.15, -0.1) is 11.8 Å². The van der Waals surface area contributed by atoms with Gasteiger partial charge in [-0.1, -0.05) is 224 Å². The van der Waals surface area contributed by atoms with Crippen molar-refractivity contribution in [3.63, 3.8) is 0 Å². The minimum Gasteiger partial charge on any atom is -0.497 e. The smallest absolute Gasteiger partial charge is 0.175 e. The number of para-hydroxylation sites is 1. The lowest BCUT2D eigenvalue weighted by Crippen LogP contribution is -1.95. The quantitative estimate of drug-likeness (QED) is 0.118. The maximum absolute atomic E-state index is 10.8. The topological polar surface area (TPSA) is 195 Å². The molecule has 6 rings (SSSR count). The summed E-state index contributed by atoms with van der Waals surface area (Å²) in [6, 6.07) is 56.6. The summed E-state index contributed by atoms with van der Waals surface area (Å²) in [4.78, 5) is 22.7. The van der Waals surface area contributed by atoms with Gasteiger partial charge in [-0.2, -0.15) is 11.8 Å². The van der Waals surface area contributed by atoms with Crippen LogP contribution in [-0.2, 0) is 50.8 Å². The molecule has 0 saturated carbocycles. The maximum atomic E-state index is 10.8. The van der Waals surface area contributed by atoms with Crippen LogP contribution in [0.5, 0.6) is 5.75 Å². The summed E-state index contributed by atoms with van der Waals surface area (Å²) in [6.45, 7) is 33.8. The van der Waals surface area contributed by atoms with Gasteiger partial charge in [-0.25, -0.2) is 16.8 Å². The van der Waals surface area contributed by atoms with Gasteiger partial charge in [-0.05, 0) is 114 Å². The van der Waals surface area contributed by atoms with Gasteiger partial charge in [0.25, 0.3) is 0 Å². The predicted octanol–water partition coefficient (Wildman–Crippen LogP) is 18.9. The molecule has 0 aliphatic rings. The van der Waals surface area contributed by atoms with E-state index >= 15 is 0 Å². The fourth-order valence-corrected chi connectivity index (χ4v) is 5.42. The van der Waals surface area contributed by atoms with Crippen LogP contribution in [0.4, 0.5) is 0 Å². The molecule has 0 amide bonds. The molecule has 6 aromatic carbocycles. The second-order valence-electron chi connectivity index (χ2n) is 15.6. The number of methoxy groups -OCH3 is 2. The number of benzene rings is 6. The molecule has 0 saturated heterocycles. The Morgan fingerprint density at radius 3 is 0.854 bits per heavy atom. The number of aliphatic hydroxyl groups is 2. The second kappa shape index (κ2) is 94.4. The fourth-order valence-electron chi connectivity index (χ4n) is 3.80. The number of rotatable bonds is 6. The Morgan fingerprint density at radius 2 is 0.708 bits per heavy atom. The van der Waals surface area contributed by atoms with Gasteiger partial charge in [-0.3, -0.25) is 13.2 Å². The summed E-state index contributed by atoms with van der Waals surface area (Å²) in [7, 11) is -2.20.